The Morgan fingerprint density at radius 3 is 2.43 bits per heavy atom. The van der Waals surface area contributed by atoms with E-state index < -0.39 is 5.97 Å². The van der Waals surface area contributed by atoms with Crippen LogP contribution in [-0.4, -0.2) is 19.2 Å². The highest BCUT2D eigenvalue weighted by atomic mass is 17.2. The highest BCUT2D eigenvalue weighted by Crippen LogP contribution is 2.15. The van der Waals surface area contributed by atoms with Gasteiger partial charge < -0.3 is 4.74 Å². The summed E-state index contributed by atoms with van der Waals surface area (Å²) in [5, 5.41) is 0. The van der Waals surface area contributed by atoms with Gasteiger partial charge in [-0.05, 0) is 43.5 Å². The molecule has 4 nitrogen and oxygen atoms in total. The van der Waals surface area contributed by atoms with Crippen molar-refractivity contribution in [2.24, 2.45) is 5.92 Å². The van der Waals surface area contributed by atoms with E-state index in [1.165, 1.54) is 12.8 Å². The molecule has 0 aliphatic heterocycles. The topological polar surface area (TPSA) is 44.8 Å². The van der Waals surface area contributed by atoms with Crippen LogP contribution in [0.3, 0.4) is 0 Å². The Labute approximate surface area is 127 Å². The fourth-order valence-corrected chi connectivity index (χ4v) is 1.98. The van der Waals surface area contributed by atoms with Gasteiger partial charge in [-0.25, -0.2) is 4.79 Å². The second-order valence-electron chi connectivity index (χ2n) is 5.03. The summed E-state index contributed by atoms with van der Waals surface area (Å²) in [5.74, 6) is 0.710. The second kappa shape index (κ2) is 10.2. The van der Waals surface area contributed by atoms with Gasteiger partial charge in [-0.3, -0.25) is 4.89 Å². The Bertz CT molecular complexity index is 400. The average molecular weight is 294 g/mol. The summed E-state index contributed by atoms with van der Waals surface area (Å²) in [7, 11) is 0. The number of carbonyl (C=O) groups excluding carboxylic acids is 1. The summed E-state index contributed by atoms with van der Waals surface area (Å²) in [6.07, 6.45) is 4.48. The Hall–Kier alpha value is -1.55. The van der Waals surface area contributed by atoms with Crippen LogP contribution in [-0.2, 0) is 9.78 Å². The van der Waals surface area contributed by atoms with Crippen LogP contribution < -0.4 is 4.74 Å². The minimum absolute atomic E-state index is 0.443. The third kappa shape index (κ3) is 6.63. The van der Waals surface area contributed by atoms with Crippen molar-refractivity contribution in [3.05, 3.63) is 29.8 Å². The van der Waals surface area contributed by atoms with E-state index in [2.05, 4.69) is 13.8 Å². The number of benzene rings is 1. The van der Waals surface area contributed by atoms with Crippen molar-refractivity contribution < 1.29 is 19.3 Å². The molecule has 1 unspecified atom stereocenters. The smallest absolute Gasteiger partial charge is 0.373 e. The molecule has 0 saturated carbocycles. The zero-order chi connectivity index (χ0) is 15.5. The monoisotopic (exact) mass is 294 g/mol. The van der Waals surface area contributed by atoms with Crippen molar-refractivity contribution in [2.75, 3.05) is 13.2 Å². The first kappa shape index (κ1) is 17.5. The molecule has 21 heavy (non-hydrogen) atoms. The summed E-state index contributed by atoms with van der Waals surface area (Å²) in [4.78, 5) is 21.8. The number of rotatable bonds is 10. The molecule has 0 N–H and O–H groups in total. The molecule has 0 heterocycles. The van der Waals surface area contributed by atoms with Crippen molar-refractivity contribution in [1.29, 1.82) is 0 Å². The van der Waals surface area contributed by atoms with E-state index in [4.69, 9.17) is 14.5 Å². The lowest BCUT2D eigenvalue weighted by Crippen LogP contribution is -2.13. The van der Waals surface area contributed by atoms with Crippen LogP contribution in [0.1, 0.15) is 56.8 Å². The van der Waals surface area contributed by atoms with Gasteiger partial charge in [0.15, 0.2) is 0 Å². The first-order chi connectivity index (χ1) is 10.2. The van der Waals surface area contributed by atoms with Crippen molar-refractivity contribution in [3.63, 3.8) is 0 Å². The Balaban J connectivity index is 2.35. The van der Waals surface area contributed by atoms with Gasteiger partial charge in [0.2, 0.25) is 0 Å². The molecule has 4 heteroatoms. The van der Waals surface area contributed by atoms with Crippen LogP contribution in [0, 0.1) is 5.92 Å². The molecule has 0 amide bonds. The minimum Gasteiger partial charge on any atom is -0.494 e. The molecule has 0 aliphatic carbocycles. The zero-order valence-electron chi connectivity index (χ0n) is 13.3. The molecule has 0 aromatic heterocycles. The first-order valence-electron chi connectivity index (χ1n) is 7.77. The molecule has 1 rings (SSSR count). The molecular formula is C17H26O4. The predicted molar refractivity (Wildman–Crippen MR) is 82.3 cm³/mol. The Morgan fingerprint density at radius 1 is 1.14 bits per heavy atom. The van der Waals surface area contributed by atoms with E-state index in [-0.39, 0.29) is 0 Å². The Morgan fingerprint density at radius 2 is 1.86 bits per heavy atom. The SMILES string of the molecule is CCCCC(CC)COOC(=O)c1ccc(OCC)cc1. The lowest BCUT2D eigenvalue weighted by atomic mass is 10.0. The maximum Gasteiger partial charge on any atom is 0.373 e. The van der Waals surface area contributed by atoms with E-state index >= 15 is 0 Å². The molecule has 0 saturated heterocycles. The predicted octanol–water partition coefficient (Wildman–Crippen LogP) is 4.39. The standard InChI is InChI=1S/C17H26O4/c1-4-7-8-14(5-2)13-20-21-17(18)15-9-11-16(12-10-15)19-6-3/h9-12,14H,4-8,13H2,1-3H3. The summed E-state index contributed by atoms with van der Waals surface area (Å²) in [5.41, 5.74) is 0.458. The number of hydrogen-bond acceptors (Lipinski definition) is 4. The van der Waals surface area contributed by atoms with Crippen molar-refractivity contribution >= 4 is 5.97 Å². The van der Waals surface area contributed by atoms with Gasteiger partial charge in [0.05, 0.1) is 18.8 Å². The van der Waals surface area contributed by atoms with E-state index in [0.717, 1.165) is 18.6 Å². The van der Waals surface area contributed by atoms with Gasteiger partial charge in [0.1, 0.15) is 5.75 Å². The van der Waals surface area contributed by atoms with Crippen LogP contribution in [0.5, 0.6) is 5.75 Å². The highest BCUT2D eigenvalue weighted by molar-refractivity contribution is 5.89. The van der Waals surface area contributed by atoms with Gasteiger partial charge in [-0.2, -0.15) is 4.89 Å². The molecule has 0 bridgehead atoms. The molecule has 1 atom stereocenters. The van der Waals surface area contributed by atoms with Gasteiger partial charge >= 0.3 is 5.97 Å². The van der Waals surface area contributed by atoms with E-state index in [1.54, 1.807) is 24.3 Å². The molecule has 118 valence electrons. The van der Waals surface area contributed by atoms with E-state index in [1.807, 2.05) is 6.92 Å². The number of ether oxygens (including phenoxy) is 1. The lowest BCUT2D eigenvalue weighted by Gasteiger charge is -2.13. The quantitative estimate of drug-likeness (QED) is 0.474. The first-order valence-corrected chi connectivity index (χ1v) is 7.77. The average Bonchev–Trinajstić information content (AvgIpc) is 2.51. The number of unbranched alkanes of at least 4 members (excludes halogenated alkanes) is 1. The molecule has 0 aliphatic rings. The largest absolute Gasteiger partial charge is 0.494 e. The van der Waals surface area contributed by atoms with Gasteiger partial charge in [-0.1, -0.05) is 33.1 Å². The fraction of sp³-hybridized carbons (Fsp3) is 0.588. The highest BCUT2D eigenvalue weighted by Gasteiger charge is 2.11. The fourth-order valence-electron chi connectivity index (χ4n) is 1.98. The number of hydrogen-bond donors (Lipinski definition) is 0. The minimum atomic E-state index is -0.469. The van der Waals surface area contributed by atoms with Gasteiger partial charge in [0, 0.05) is 0 Å². The molecule has 1 aromatic carbocycles. The van der Waals surface area contributed by atoms with Gasteiger partial charge in [0.25, 0.3) is 0 Å². The van der Waals surface area contributed by atoms with Crippen LogP contribution in [0.2, 0.25) is 0 Å². The summed E-state index contributed by atoms with van der Waals surface area (Å²) >= 11 is 0. The summed E-state index contributed by atoms with van der Waals surface area (Å²) in [6, 6.07) is 6.84. The maximum absolute atomic E-state index is 11.8. The van der Waals surface area contributed by atoms with Crippen LogP contribution in [0.25, 0.3) is 0 Å². The molecule has 1 aromatic rings. The van der Waals surface area contributed by atoms with Crippen molar-refractivity contribution in [1.82, 2.24) is 0 Å². The van der Waals surface area contributed by atoms with Crippen molar-refractivity contribution in [2.45, 2.75) is 46.5 Å². The number of carbonyl (C=O) groups is 1. The molecule has 0 spiro atoms. The zero-order valence-corrected chi connectivity index (χ0v) is 13.3. The van der Waals surface area contributed by atoms with E-state index in [9.17, 15) is 4.79 Å². The van der Waals surface area contributed by atoms with Gasteiger partial charge in [-0.15, -0.1) is 0 Å². The van der Waals surface area contributed by atoms with Crippen LogP contribution in [0.15, 0.2) is 24.3 Å². The maximum atomic E-state index is 11.8. The van der Waals surface area contributed by atoms with Crippen LogP contribution in [0.4, 0.5) is 0 Å². The third-order valence-corrected chi connectivity index (χ3v) is 3.38. The summed E-state index contributed by atoms with van der Waals surface area (Å²) in [6.45, 7) is 7.26. The van der Waals surface area contributed by atoms with Crippen LogP contribution >= 0.6 is 0 Å². The lowest BCUT2D eigenvalue weighted by molar-refractivity contribution is -0.249. The molecule has 0 radical (unpaired) electrons. The normalized spacial score (nSPS) is 12.0. The Kier molecular flexibility index (Phi) is 8.51. The second-order valence-corrected chi connectivity index (χ2v) is 5.03. The third-order valence-electron chi connectivity index (χ3n) is 3.38. The van der Waals surface area contributed by atoms with E-state index in [0.29, 0.717) is 24.7 Å². The van der Waals surface area contributed by atoms with Crippen molar-refractivity contribution in [3.8, 4) is 5.75 Å². The molecular weight excluding hydrogens is 268 g/mol. The molecule has 0 fully saturated rings. The summed E-state index contributed by atoms with van der Waals surface area (Å²) < 4.78 is 5.32.